The zero-order chi connectivity index (χ0) is 10.9. The van der Waals surface area contributed by atoms with Gasteiger partial charge in [-0.3, -0.25) is 4.79 Å². The Morgan fingerprint density at radius 3 is 2.64 bits per heavy atom. The van der Waals surface area contributed by atoms with E-state index in [4.69, 9.17) is 10.8 Å². The Kier molecular flexibility index (Phi) is 3.13. The molecule has 0 aromatic heterocycles. The third-order valence-corrected chi connectivity index (χ3v) is 2.76. The summed E-state index contributed by atoms with van der Waals surface area (Å²) in [6.07, 6.45) is 0. The summed E-state index contributed by atoms with van der Waals surface area (Å²) in [5, 5.41) is 18.1. The summed E-state index contributed by atoms with van der Waals surface area (Å²) < 4.78 is 0.724. The molecule has 0 aliphatic heterocycles. The minimum Gasteiger partial charge on any atom is -0.508 e. The maximum absolute atomic E-state index is 10.6. The van der Waals surface area contributed by atoms with Crippen molar-refractivity contribution in [3.8, 4) is 5.75 Å². The lowest BCUT2D eigenvalue weighted by Gasteiger charge is -2.10. The van der Waals surface area contributed by atoms with Crippen LogP contribution in [0.25, 0.3) is 0 Å². The Bertz CT molecular complexity index is 379. The van der Waals surface area contributed by atoms with Crippen molar-refractivity contribution >= 4 is 21.9 Å². The molecule has 1 atom stereocenters. The number of benzene rings is 1. The standard InChI is InChI=1S/C9H10BrNO3/c1-4-2-7(12)5(3-6(4)10)8(11)9(13)14/h2-3,8,12H,11H2,1H3,(H,13,14). The molecule has 4 nitrogen and oxygen atoms in total. The molecule has 4 N–H and O–H groups in total. The van der Waals surface area contributed by atoms with E-state index in [9.17, 15) is 9.90 Å². The average Bonchev–Trinajstić information content (AvgIpc) is 2.10. The molecule has 0 amide bonds. The molecular weight excluding hydrogens is 250 g/mol. The predicted molar refractivity (Wildman–Crippen MR) is 55.1 cm³/mol. The number of nitrogens with two attached hydrogens (primary N) is 1. The Labute approximate surface area is 89.5 Å². The Morgan fingerprint density at radius 1 is 1.57 bits per heavy atom. The van der Waals surface area contributed by atoms with Crippen LogP contribution in [0.3, 0.4) is 0 Å². The monoisotopic (exact) mass is 259 g/mol. The van der Waals surface area contributed by atoms with Crippen LogP contribution >= 0.6 is 15.9 Å². The van der Waals surface area contributed by atoms with E-state index >= 15 is 0 Å². The molecule has 76 valence electrons. The van der Waals surface area contributed by atoms with Crippen LogP contribution in [0.5, 0.6) is 5.75 Å². The average molecular weight is 260 g/mol. The lowest BCUT2D eigenvalue weighted by Crippen LogP contribution is -2.20. The minimum absolute atomic E-state index is 0.0967. The number of phenols is 1. The summed E-state index contributed by atoms with van der Waals surface area (Å²) in [5.41, 5.74) is 6.40. The lowest BCUT2D eigenvalue weighted by molar-refractivity contribution is -0.138. The van der Waals surface area contributed by atoms with E-state index in [0.29, 0.717) is 0 Å². The van der Waals surface area contributed by atoms with E-state index in [1.54, 1.807) is 6.92 Å². The molecule has 0 aliphatic rings. The Hall–Kier alpha value is -1.07. The van der Waals surface area contributed by atoms with Gasteiger partial charge in [-0.05, 0) is 24.6 Å². The molecule has 0 heterocycles. The van der Waals surface area contributed by atoms with Crippen molar-refractivity contribution in [2.45, 2.75) is 13.0 Å². The van der Waals surface area contributed by atoms with Crippen molar-refractivity contribution in [1.29, 1.82) is 0 Å². The van der Waals surface area contributed by atoms with E-state index in [1.807, 2.05) is 0 Å². The van der Waals surface area contributed by atoms with Gasteiger partial charge in [-0.15, -0.1) is 0 Å². The molecule has 0 spiro atoms. The number of aromatic hydroxyl groups is 1. The molecular formula is C9H10BrNO3. The molecule has 0 radical (unpaired) electrons. The van der Waals surface area contributed by atoms with Crippen LogP contribution < -0.4 is 5.73 Å². The van der Waals surface area contributed by atoms with Crippen molar-refractivity contribution in [2.24, 2.45) is 5.73 Å². The molecule has 0 saturated heterocycles. The first-order valence-corrected chi connectivity index (χ1v) is 4.70. The smallest absolute Gasteiger partial charge is 0.325 e. The molecule has 5 heteroatoms. The highest BCUT2D eigenvalue weighted by molar-refractivity contribution is 9.10. The summed E-state index contributed by atoms with van der Waals surface area (Å²) >= 11 is 3.24. The molecule has 1 aromatic carbocycles. The predicted octanol–water partition coefficient (Wildman–Crippen LogP) is 1.55. The molecule has 0 aliphatic carbocycles. The summed E-state index contributed by atoms with van der Waals surface area (Å²) in [6, 6.07) is 1.79. The van der Waals surface area contributed by atoms with Gasteiger partial charge in [0.15, 0.2) is 0 Å². The second-order valence-electron chi connectivity index (χ2n) is 2.98. The number of aryl methyl sites for hydroxylation is 1. The SMILES string of the molecule is Cc1cc(O)c(C(N)C(=O)O)cc1Br. The van der Waals surface area contributed by atoms with Crippen LogP contribution in [0.2, 0.25) is 0 Å². The molecule has 14 heavy (non-hydrogen) atoms. The zero-order valence-electron chi connectivity index (χ0n) is 7.49. The van der Waals surface area contributed by atoms with Gasteiger partial charge in [-0.25, -0.2) is 0 Å². The van der Waals surface area contributed by atoms with E-state index in [1.165, 1.54) is 12.1 Å². The van der Waals surface area contributed by atoms with Gasteiger partial charge < -0.3 is 15.9 Å². The largest absolute Gasteiger partial charge is 0.508 e. The van der Waals surface area contributed by atoms with Gasteiger partial charge in [-0.2, -0.15) is 0 Å². The first-order chi connectivity index (χ1) is 6.43. The van der Waals surface area contributed by atoms with E-state index in [2.05, 4.69) is 15.9 Å². The highest BCUT2D eigenvalue weighted by atomic mass is 79.9. The van der Waals surface area contributed by atoms with Crippen LogP contribution in [0, 0.1) is 6.92 Å². The van der Waals surface area contributed by atoms with Gasteiger partial charge in [0, 0.05) is 10.0 Å². The number of halogens is 1. The highest BCUT2D eigenvalue weighted by Crippen LogP contribution is 2.29. The number of phenolic OH excluding ortho intramolecular Hbond substituents is 1. The number of carbonyl (C=O) groups is 1. The second kappa shape index (κ2) is 3.98. The fourth-order valence-corrected chi connectivity index (χ4v) is 1.42. The van der Waals surface area contributed by atoms with Crippen LogP contribution in [-0.4, -0.2) is 16.2 Å². The van der Waals surface area contributed by atoms with Crippen LogP contribution in [-0.2, 0) is 4.79 Å². The van der Waals surface area contributed by atoms with Crippen molar-refractivity contribution in [2.75, 3.05) is 0 Å². The zero-order valence-corrected chi connectivity index (χ0v) is 9.08. The van der Waals surface area contributed by atoms with E-state index < -0.39 is 12.0 Å². The van der Waals surface area contributed by atoms with Gasteiger partial charge >= 0.3 is 5.97 Å². The van der Waals surface area contributed by atoms with Crippen molar-refractivity contribution in [3.05, 3.63) is 27.7 Å². The minimum atomic E-state index is -1.20. The van der Waals surface area contributed by atoms with Gasteiger partial charge in [0.25, 0.3) is 0 Å². The third-order valence-electron chi connectivity index (χ3n) is 1.91. The van der Waals surface area contributed by atoms with Crippen molar-refractivity contribution in [3.63, 3.8) is 0 Å². The molecule has 0 saturated carbocycles. The Balaban J connectivity index is 3.22. The van der Waals surface area contributed by atoms with Crippen molar-refractivity contribution < 1.29 is 15.0 Å². The number of aliphatic carboxylic acids is 1. The van der Waals surface area contributed by atoms with Crippen LogP contribution in [0.15, 0.2) is 16.6 Å². The first-order valence-electron chi connectivity index (χ1n) is 3.91. The molecule has 0 bridgehead atoms. The number of rotatable bonds is 2. The fourth-order valence-electron chi connectivity index (χ4n) is 1.06. The van der Waals surface area contributed by atoms with Crippen molar-refractivity contribution in [1.82, 2.24) is 0 Å². The maximum Gasteiger partial charge on any atom is 0.325 e. The molecule has 1 aromatic rings. The van der Waals surface area contributed by atoms with E-state index in [-0.39, 0.29) is 11.3 Å². The van der Waals surface area contributed by atoms with Crippen LogP contribution in [0.1, 0.15) is 17.2 Å². The summed E-state index contributed by atoms with van der Waals surface area (Å²) in [5.74, 6) is -1.27. The normalized spacial score (nSPS) is 12.5. The molecule has 0 fully saturated rings. The molecule has 1 unspecified atom stereocenters. The van der Waals surface area contributed by atoms with Gasteiger partial charge in [0.1, 0.15) is 11.8 Å². The van der Waals surface area contributed by atoms with Gasteiger partial charge in [0.2, 0.25) is 0 Å². The van der Waals surface area contributed by atoms with Gasteiger partial charge in [0.05, 0.1) is 0 Å². The molecule has 1 rings (SSSR count). The number of hydrogen-bond acceptors (Lipinski definition) is 3. The van der Waals surface area contributed by atoms with E-state index in [0.717, 1.165) is 10.0 Å². The Morgan fingerprint density at radius 2 is 2.14 bits per heavy atom. The van der Waals surface area contributed by atoms with Crippen LogP contribution in [0.4, 0.5) is 0 Å². The number of carboxylic acid groups (broad SMARTS) is 1. The third kappa shape index (κ3) is 2.05. The fraction of sp³-hybridized carbons (Fsp3) is 0.222. The first kappa shape index (κ1) is 11.0. The number of carboxylic acids is 1. The number of hydrogen-bond donors (Lipinski definition) is 3. The topological polar surface area (TPSA) is 83.5 Å². The second-order valence-corrected chi connectivity index (χ2v) is 3.83. The summed E-state index contributed by atoms with van der Waals surface area (Å²) in [4.78, 5) is 10.6. The quantitative estimate of drug-likeness (QED) is 0.753. The van der Waals surface area contributed by atoms with Gasteiger partial charge in [-0.1, -0.05) is 15.9 Å². The maximum atomic E-state index is 10.6. The summed E-state index contributed by atoms with van der Waals surface area (Å²) in [6.45, 7) is 1.79. The highest BCUT2D eigenvalue weighted by Gasteiger charge is 2.18. The lowest BCUT2D eigenvalue weighted by atomic mass is 10.0. The summed E-state index contributed by atoms with van der Waals surface area (Å²) in [7, 11) is 0.